The molecule has 3 rings (SSSR count). The molecule has 0 bridgehead atoms. The van der Waals surface area contributed by atoms with Crippen LogP contribution in [0.4, 0.5) is 4.39 Å². The number of hydrogen-bond donors (Lipinski definition) is 1. The molecule has 1 aliphatic rings. The van der Waals surface area contributed by atoms with Crippen molar-refractivity contribution in [1.29, 1.82) is 0 Å². The molecular weight excluding hydrogens is 407 g/mol. The first-order valence-corrected chi connectivity index (χ1v) is 11.5. The van der Waals surface area contributed by atoms with Crippen molar-refractivity contribution < 1.29 is 22.3 Å². The maximum Gasteiger partial charge on any atom is 0.243 e. The van der Waals surface area contributed by atoms with Gasteiger partial charge in [-0.2, -0.15) is 4.31 Å². The van der Waals surface area contributed by atoms with Gasteiger partial charge in [0.05, 0.1) is 18.0 Å². The lowest BCUT2D eigenvalue weighted by molar-refractivity contribution is -0.121. The Hall–Kier alpha value is -2.45. The average molecular weight is 435 g/mol. The molecule has 1 heterocycles. The molecule has 8 heteroatoms. The summed E-state index contributed by atoms with van der Waals surface area (Å²) in [6.07, 6.45) is 2.26. The lowest BCUT2D eigenvalue weighted by atomic mass is 10.1. The second-order valence-electron chi connectivity index (χ2n) is 7.43. The summed E-state index contributed by atoms with van der Waals surface area (Å²) in [5.74, 6) is 0.0459. The molecule has 1 fully saturated rings. The summed E-state index contributed by atoms with van der Waals surface area (Å²) in [4.78, 5) is 12.6. The summed E-state index contributed by atoms with van der Waals surface area (Å²) in [6.45, 7) is 2.90. The molecule has 0 unspecified atom stereocenters. The fraction of sp³-hybridized carbons (Fsp3) is 0.409. The van der Waals surface area contributed by atoms with E-state index in [1.165, 1.54) is 23.5 Å². The van der Waals surface area contributed by atoms with Crippen LogP contribution in [0.25, 0.3) is 0 Å². The van der Waals surface area contributed by atoms with Crippen LogP contribution in [0.5, 0.6) is 5.75 Å². The summed E-state index contributed by atoms with van der Waals surface area (Å²) >= 11 is 0. The number of nitrogens with zero attached hydrogens (tertiary/aromatic N) is 1. The van der Waals surface area contributed by atoms with Crippen LogP contribution in [0.1, 0.15) is 43.4 Å². The molecule has 1 saturated heterocycles. The summed E-state index contributed by atoms with van der Waals surface area (Å²) in [5.41, 5.74) is 1.48. The van der Waals surface area contributed by atoms with Crippen LogP contribution >= 0.6 is 0 Å². The number of nitrogens with one attached hydrogen (secondary N) is 1. The van der Waals surface area contributed by atoms with E-state index in [1.807, 2.05) is 6.92 Å². The van der Waals surface area contributed by atoms with E-state index in [2.05, 4.69) is 5.32 Å². The topological polar surface area (TPSA) is 75.7 Å². The van der Waals surface area contributed by atoms with Crippen LogP contribution in [0.15, 0.2) is 47.4 Å². The maximum absolute atomic E-state index is 13.1. The minimum absolute atomic E-state index is 0.176. The Morgan fingerprint density at radius 1 is 1.17 bits per heavy atom. The van der Waals surface area contributed by atoms with Crippen molar-refractivity contribution in [3.63, 3.8) is 0 Å². The number of aryl methyl sites for hydroxylation is 1. The van der Waals surface area contributed by atoms with Gasteiger partial charge >= 0.3 is 0 Å². The van der Waals surface area contributed by atoms with Crippen molar-refractivity contribution >= 4 is 15.9 Å². The molecule has 2 aromatic carbocycles. The van der Waals surface area contributed by atoms with E-state index < -0.39 is 10.0 Å². The number of carbonyl (C=O) groups excluding carboxylic acids is 1. The van der Waals surface area contributed by atoms with Crippen molar-refractivity contribution in [2.75, 3.05) is 20.2 Å². The first-order valence-electron chi connectivity index (χ1n) is 10.0. The Kier molecular flexibility index (Phi) is 7.10. The molecule has 1 N–H and O–H groups in total. The summed E-state index contributed by atoms with van der Waals surface area (Å²) in [7, 11) is -2.02. The normalized spacial score (nSPS) is 15.7. The van der Waals surface area contributed by atoms with Gasteiger partial charge in [0.1, 0.15) is 11.6 Å². The fourth-order valence-electron chi connectivity index (χ4n) is 3.58. The maximum atomic E-state index is 13.1. The molecule has 30 heavy (non-hydrogen) atoms. The highest BCUT2D eigenvalue weighted by Crippen LogP contribution is 2.27. The first-order chi connectivity index (χ1) is 14.3. The van der Waals surface area contributed by atoms with Crippen molar-refractivity contribution in [1.82, 2.24) is 9.62 Å². The zero-order chi connectivity index (χ0) is 21.7. The van der Waals surface area contributed by atoms with Crippen LogP contribution in [0.3, 0.4) is 0 Å². The molecular formula is C22H27FN2O4S. The van der Waals surface area contributed by atoms with Gasteiger partial charge in [-0.05, 0) is 67.6 Å². The van der Waals surface area contributed by atoms with Crippen LogP contribution < -0.4 is 10.1 Å². The number of sulfonamides is 1. The van der Waals surface area contributed by atoms with Gasteiger partial charge in [-0.1, -0.05) is 12.1 Å². The highest BCUT2D eigenvalue weighted by atomic mass is 32.2. The Balaban J connectivity index is 1.67. The van der Waals surface area contributed by atoms with Gasteiger partial charge in [-0.15, -0.1) is 0 Å². The molecule has 0 spiro atoms. The number of amides is 1. The van der Waals surface area contributed by atoms with Gasteiger partial charge in [0.2, 0.25) is 15.9 Å². The van der Waals surface area contributed by atoms with E-state index >= 15 is 0 Å². The first kappa shape index (κ1) is 22.2. The van der Waals surface area contributed by atoms with Gasteiger partial charge in [-0.3, -0.25) is 4.79 Å². The monoisotopic (exact) mass is 434 g/mol. The number of carbonyl (C=O) groups is 1. The number of halogens is 1. The van der Waals surface area contributed by atoms with Crippen molar-refractivity contribution in [3.05, 3.63) is 59.4 Å². The molecule has 0 aliphatic carbocycles. The second kappa shape index (κ2) is 9.57. The van der Waals surface area contributed by atoms with E-state index in [4.69, 9.17) is 4.74 Å². The lowest BCUT2D eigenvalue weighted by Gasteiger charge is -2.18. The second-order valence-corrected chi connectivity index (χ2v) is 9.36. The molecule has 0 aromatic heterocycles. The highest BCUT2D eigenvalue weighted by Gasteiger charge is 2.27. The third kappa shape index (κ3) is 5.17. The Labute approximate surface area is 177 Å². The lowest BCUT2D eigenvalue weighted by Crippen LogP contribution is -2.28. The van der Waals surface area contributed by atoms with Crippen molar-refractivity contribution in [3.8, 4) is 5.75 Å². The highest BCUT2D eigenvalue weighted by molar-refractivity contribution is 7.89. The van der Waals surface area contributed by atoms with Crippen LogP contribution in [0.2, 0.25) is 0 Å². The van der Waals surface area contributed by atoms with Crippen LogP contribution in [-0.4, -0.2) is 38.8 Å². The number of rotatable bonds is 8. The third-order valence-corrected chi connectivity index (χ3v) is 7.22. The van der Waals surface area contributed by atoms with E-state index in [0.717, 1.165) is 18.4 Å². The zero-order valence-corrected chi connectivity index (χ0v) is 18.0. The Morgan fingerprint density at radius 2 is 1.83 bits per heavy atom. The molecule has 162 valence electrons. The molecule has 0 radical (unpaired) electrons. The standard InChI is InChI=1S/C22H27FN2O4S/c1-16(17-5-8-19(23)9-6-17)24-22(26)12-7-18-15-20(10-11-21(18)29-2)30(27,28)25-13-3-4-14-25/h5-6,8-11,15-16H,3-4,7,12-14H2,1-2H3,(H,24,26)/t16-/m1/s1. The number of benzene rings is 2. The molecule has 1 amide bonds. The third-order valence-electron chi connectivity index (χ3n) is 5.32. The van der Waals surface area contributed by atoms with E-state index in [0.29, 0.717) is 30.8 Å². The largest absolute Gasteiger partial charge is 0.496 e. The Bertz CT molecular complexity index is 987. The predicted octanol–water partition coefficient (Wildman–Crippen LogP) is 3.43. The van der Waals surface area contributed by atoms with Gasteiger partial charge in [0.15, 0.2) is 0 Å². The van der Waals surface area contributed by atoms with Crippen molar-refractivity contribution in [2.45, 2.75) is 43.5 Å². The summed E-state index contributed by atoms with van der Waals surface area (Å²) in [6, 6.07) is 10.5. The number of ether oxygens (including phenoxy) is 1. The summed E-state index contributed by atoms with van der Waals surface area (Å²) < 4.78 is 45.6. The molecule has 0 saturated carbocycles. The number of methoxy groups -OCH3 is 1. The van der Waals surface area contributed by atoms with Gasteiger partial charge in [0.25, 0.3) is 0 Å². The van der Waals surface area contributed by atoms with Crippen LogP contribution in [0, 0.1) is 5.82 Å². The summed E-state index contributed by atoms with van der Waals surface area (Å²) in [5, 5.41) is 2.88. The van der Waals surface area contributed by atoms with Gasteiger partial charge in [-0.25, -0.2) is 12.8 Å². The zero-order valence-electron chi connectivity index (χ0n) is 17.2. The molecule has 1 atom stereocenters. The van der Waals surface area contributed by atoms with Gasteiger partial charge in [0, 0.05) is 19.5 Å². The van der Waals surface area contributed by atoms with Crippen LogP contribution in [-0.2, 0) is 21.2 Å². The van der Waals surface area contributed by atoms with E-state index in [-0.39, 0.29) is 29.1 Å². The molecule has 1 aliphatic heterocycles. The smallest absolute Gasteiger partial charge is 0.243 e. The quantitative estimate of drug-likeness (QED) is 0.691. The van der Waals surface area contributed by atoms with Gasteiger partial charge < -0.3 is 10.1 Å². The SMILES string of the molecule is COc1ccc(S(=O)(=O)N2CCCC2)cc1CCC(=O)N[C@H](C)c1ccc(F)cc1. The van der Waals surface area contributed by atoms with Crippen molar-refractivity contribution in [2.24, 2.45) is 0 Å². The minimum Gasteiger partial charge on any atom is -0.496 e. The minimum atomic E-state index is -3.54. The average Bonchev–Trinajstić information content (AvgIpc) is 3.28. The van der Waals surface area contributed by atoms with E-state index in [9.17, 15) is 17.6 Å². The van der Waals surface area contributed by atoms with E-state index in [1.54, 1.807) is 30.3 Å². The number of hydrogen-bond acceptors (Lipinski definition) is 4. The fourth-order valence-corrected chi connectivity index (χ4v) is 5.15. The molecule has 6 nitrogen and oxygen atoms in total. The molecule has 2 aromatic rings. The predicted molar refractivity (Wildman–Crippen MR) is 112 cm³/mol. The Morgan fingerprint density at radius 3 is 2.47 bits per heavy atom.